The lowest BCUT2D eigenvalue weighted by atomic mass is 9.98. The Hall–Kier alpha value is -0.860. The Morgan fingerprint density at radius 1 is 1.11 bits per heavy atom. The highest BCUT2D eigenvalue weighted by Gasteiger charge is 2.19. The van der Waals surface area contributed by atoms with Crippen LogP contribution in [0, 0.1) is 20.8 Å². The van der Waals surface area contributed by atoms with Gasteiger partial charge in [0.2, 0.25) is 0 Å². The lowest BCUT2D eigenvalue weighted by Gasteiger charge is -2.33. The maximum Gasteiger partial charge on any atom is 0.0239 e. The molecular formula is C17H28N2. The Labute approximate surface area is 118 Å². The van der Waals surface area contributed by atoms with Crippen molar-refractivity contribution in [3.63, 3.8) is 0 Å². The first-order valence-electron chi connectivity index (χ1n) is 7.62. The zero-order valence-corrected chi connectivity index (χ0v) is 12.9. The summed E-state index contributed by atoms with van der Waals surface area (Å²) in [5.41, 5.74) is 5.81. The van der Waals surface area contributed by atoms with Crippen molar-refractivity contribution in [1.29, 1.82) is 0 Å². The van der Waals surface area contributed by atoms with Crippen molar-refractivity contribution >= 4 is 0 Å². The average molecular weight is 260 g/mol. The molecule has 0 atom stereocenters. The van der Waals surface area contributed by atoms with Crippen molar-refractivity contribution < 1.29 is 0 Å². The number of aryl methyl sites for hydroxylation is 3. The van der Waals surface area contributed by atoms with E-state index in [1.165, 1.54) is 48.2 Å². The molecule has 2 nitrogen and oxygen atoms in total. The van der Waals surface area contributed by atoms with Gasteiger partial charge in [-0.15, -0.1) is 0 Å². The molecule has 1 aromatic carbocycles. The van der Waals surface area contributed by atoms with E-state index in [0.717, 1.165) is 19.1 Å². The van der Waals surface area contributed by atoms with Gasteiger partial charge in [0.15, 0.2) is 0 Å². The topological polar surface area (TPSA) is 15.3 Å². The number of benzene rings is 1. The van der Waals surface area contributed by atoms with Crippen LogP contribution in [0.15, 0.2) is 12.1 Å². The monoisotopic (exact) mass is 260 g/mol. The number of nitrogens with one attached hydrogen (secondary N) is 1. The Balaban J connectivity index is 1.96. The van der Waals surface area contributed by atoms with Gasteiger partial charge in [-0.25, -0.2) is 0 Å². The van der Waals surface area contributed by atoms with Crippen LogP contribution in [0.2, 0.25) is 0 Å². The number of rotatable bonds is 4. The number of piperidine rings is 1. The summed E-state index contributed by atoms with van der Waals surface area (Å²) in [5.74, 6) is 0. The average Bonchev–Trinajstić information content (AvgIpc) is 2.36. The molecule has 0 amide bonds. The summed E-state index contributed by atoms with van der Waals surface area (Å²) < 4.78 is 0. The molecule has 1 aromatic rings. The Morgan fingerprint density at radius 3 is 2.21 bits per heavy atom. The highest BCUT2D eigenvalue weighted by atomic mass is 15.1. The van der Waals surface area contributed by atoms with E-state index in [0.29, 0.717) is 0 Å². The molecule has 2 rings (SSSR count). The quantitative estimate of drug-likeness (QED) is 0.894. The second-order valence-corrected chi connectivity index (χ2v) is 5.99. The smallest absolute Gasteiger partial charge is 0.0239 e. The van der Waals surface area contributed by atoms with Crippen LogP contribution in [0.3, 0.4) is 0 Å². The second kappa shape index (κ2) is 6.53. The molecule has 0 radical (unpaired) electrons. The first-order chi connectivity index (χ1) is 9.10. The fraction of sp³-hybridized carbons (Fsp3) is 0.647. The standard InChI is InChI=1S/C17H28N2/c1-5-18-16-6-8-19(9-7-16)12-17-14(3)10-13(2)11-15(17)4/h10-11,16,18H,5-9,12H2,1-4H3. The molecule has 1 saturated heterocycles. The van der Waals surface area contributed by atoms with Crippen molar-refractivity contribution in [2.75, 3.05) is 19.6 Å². The predicted molar refractivity (Wildman–Crippen MR) is 82.6 cm³/mol. The summed E-state index contributed by atoms with van der Waals surface area (Å²) in [4.78, 5) is 2.61. The van der Waals surface area contributed by atoms with Crippen LogP contribution < -0.4 is 5.32 Å². The molecule has 1 aliphatic rings. The lowest BCUT2D eigenvalue weighted by molar-refractivity contribution is 0.191. The van der Waals surface area contributed by atoms with E-state index in [9.17, 15) is 0 Å². The van der Waals surface area contributed by atoms with Gasteiger partial charge in [-0.1, -0.05) is 24.6 Å². The van der Waals surface area contributed by atoms with Gasteiger partial charge in [0, 0.05) is 12.6 Å². The number of hydrogen-bond acceptors (Lipinski definition) is 2. The van der Waals surface area contributed by atoms with Gasteiger partial charge in [0.25, 0.3) is 0 Å². The highest BCUT2D eigenvalue weighted by molar-refractivity contribution is 5.37. The van der Waals surface area contributed by atoms with Gasteiger partial charge in [0.05, 0.1) is 0 Å². The van der Waals surface area contributed by atoms with Gasteiger partial charge in [0.1, 0.15) is 0 Å². The predicted octanol–water partition coefficient (Wildman–Crippen LogP) is 3.19. The maximum atomic E-state index is 3.57. The van der Waals surface area contributed by atoms with Crippen molar-refractivity contribution in [2.24, 2.45) is 0 Å². The molecule has 0 saturated carbocycles. The van der Waals surface area contributed by atoms with Crippen LogP contribution in [0.5, 0.6) is 0 Å². The Kier molecular flexibility index (Phi) is 5.00. The van der Waals surface area contributed by atoms with Gasteiger partial charge < -0.3 is 5.32 Å². The second-order valence-electron chi connectivity index (χ2n) is 5.99. The van der Waals surface area contributed by atoms with Crippen molar-refractivity contribution in [3.8, 4) is 0 Å². The molecule has 106 valence electrons. The number of likely N-dealkylation sites (tertiary alicyclic amines) is 1. The van der Waals surface area contributed by atoms with Crippen molar-refractivity contribution in [2.45, 2.75) is 53.1 Å². The highest BCUT2D eigenvalue weighted by Crippen LogP contribution is 2.20. The minimum Gasteiger partial charge on any atom is -0.314 e. The summed E-state index contributed by atoms with van der Waals surface area (Å²) in [6.45, 7) is 13.6. The molecular weight excluding hydrogens is 232 g/mol. The zero-order valence-electron chi connectivity index (χ0n) is 12.9. The summed E-state index contributed by atoms with van der Waals surface area (Å²) in [6, 6.07) is 5.36. The molecule has 0 spiro atoms. The van der Waals surface area contributed by atoms with Crippen LogP contribution in [-0.4, -0.2) is 30.6 Å². The minimum absolute atomic E-state index is 0.737. The van der Waals surface area contributed by atoms with Crippen LogP contribution in [-0.2, 0) is 6.54 Å². The third-order valence-electron chi connectivity index (χ3n) is 4.30. The Bertz CT molecular complexity index is 394. The van der Waals surface area contributed by atoms with E-state index in [4.69, 9.17) is 0 Å². The Morgan fingerprint density at radius 2 is 1.68 bits per heavy atom. The van der Waals surface area contributed by atoms with E-state index < -0.39 is 0 Å². The molecule has 2 heteroatoms. The fourth-order valence-corrected chi connectivity index (χ4v) is 3.27. The van der Waals surface area contributed by atoms with Crippen LogP contribution in [0.1, 0.15) is 42.0 Å². The molecule has 1 fully saturated rings. The van der Waals surface area contributed by atoms with Crippen LogP contribution in [0.25, 0.3) is 0 Å². The molecule has 0 unspecified atom stereocenters. The van der Waals surface area contributed by atoms with Gasteiger partial charge in [-0.2, -0.15) is 0 Å². The molecule has 19 heavy (non-hydrogen) atoms. The van der Waals surface area contributed by atoms with E-state index in [1.54, 1.807) is 0 Å². The molecule has 0 aliphatic carbocycles. The fourth-order valence-electron chi connectivity index (χ4n) is 3.27. The number of nitrogens with zero attached hydrogens (tertiary/aromatic N) is 1. The third-order valence-corrected chi connectivity index (χ3v) is 4.30. The minimum atomic E-state index is 0.737. The molecule has 1 heterocycles. The van der Waals surface area contributed by atoms with E-state index in [2.05, 4.69) is 50.0 Å². The van der Waals surface area contributed by atoms with Gasteiger partial charge in [-0.05, 0) is 69.9 Å². The third kappa shape index (κ3) is 3.80. The van der Waals surface area contributed by atoms with E-state index >= 15 is 0 Å². The van der Waals surface area contributed by atoms with E-state index in [1.807, 2.05) is 0 Å². The lowest BCUT2D eigenvalue weighted by Crippen LogP contribution is -2.42. The summed E-state index contributed by atoms with van der Waals surface area (Å²) in [6.07, 6.45) is 2.58. The van der Waals surface area contributed by atoms with Gasteiger partial charge >= 0.3 is 0 Å². The SMILES string of the molecule is CCNC1CCN(Cc2c(C)cc(C)cc2C)CC1. The maximum absolute atomic E-state index is 3.57. The van der Waals surface area contributed by atoms with Gasteiger partial charge in [-0.3, -0.25) is 4.90 Å². The van der Waals surface area contributed by atoms with Crippen LogP contribution in [0.4, 0.5) is 0 Å². The van der Waals surface area contributed by atoms with E-state index in [-0.39, 0.29) is 0 Å². The molecule has 0 bridgehead atoms. The summed E-state index contributed by atoms with van der Waals surface area (Å²) in [5, 5.41) is 3.57. The first kappa shape index (κ1) is 14.5. The first-order valence-corrected chi connectivity index (χ1v) is 7.62. The van der Waals surface area contributed by atoms with Crippen LogP contribution >= 0.6 is 0 Å². The number of hydrogen-bond donors (Lipinski definition) is 1. The molecule has 1 aliphatic heterocycles. The largest absolute Gasteiger partial charge is 0.314 e. The zero-order chi connectivity index (χ0) is 13.8. The van der Waals surface area contributed by atoms with Crippen molar-refractivity contribution in [3.05, 3.63) is 34.4 Å². The summed E-state index contributed by atoms with van der Waals surface area (Å²) in [7, 11) is 0. The van der Waals surface area contributed by atoms with Crippen molar-refractivity contribution in [1.82, 2.24) is 10.2 Å². The molecule has 0 aromatic heterocycles. The summed E-state index contributed by atoms with van der Waals surface area (Å²) >= 11 is 0. The molecule has 1 N–H and O–H groups in total. The normalized spacial score (nSPS) is 17.9.